The Labute approximate surface area is 155 Å². The lowest BCUT2D eigenvalue weighted by Crippen LogP contribution is -2.10. The Morgan fingerprint density at radius 3 is 2.48 bits per heavy atom. The van der Waals surface area contributed by atoms with Crippen LogP contribution in [0, 0.1) is 0 Å². The van der Waals surface area contributed by atoms with E-state index in [0.717, 1.165) is 46.7 Å². The van der Waals surface area contributed by atoms with E-state index < -0.39 is 0 Å². The van der Waals surface area contributed by atoms with Crippen LogP contribution in [0.2, 0.25) is 10.3 Å². The molecule has 25 heavy (non-hydrogen) atoms. The molecule has 0 atom stereocenters. The van der Waals surface area contributed by atoms with E-state index in [-0.39, 0.29) is 5.78 Å². The number of halogens is 2. The molecule has 3 aromatic rings. The molecule has 1 aliphatic rings. The molecule has 0 spiro atoms. The summed E-state index contributed by atoms with van der Waals surface area (Å²) in [4.78, 5) is 19.9. The average Bonchev–Trinajstić information content (AvgIpc) is 2.95. The maximum Gasteiger partial charge on any atom is 0.166 e. The summed E-state index contributed by atoms with van der Waals surface area (Å²) in [5.41, 5.74) is 4.96. The average molecular weight is 372 g/mol. The number of anilines is 2. The fourth-order valence-corrected chi connectivity index (χ4v) is 3.67. The molecule has 0 fully saturated rings. The van der Waals surface area contributed by atoms with E-state index in [4.69, 9.17) is 23.2 Å². The lowest BCUT2D eigenvalue weighted by atomic mass is 9.95. The highest BCUT2D eigenvalue weighted by Gasteiger charge is 2.27. The summed E-state index contributed by atoms with van der Waals surface area (Å²) in [5.74, 6) is 0.147. The maximum absolute atomic E-state index is 12.6. The third kappa shape index (κ3) is 3.15. The number of para-hydroxylation sites is 1. The van der Waals surface area contributed by atoms with Gasteiger partial charge in [0.2, 0.25) is 0 Å². The molecule has 0 saturated heterocycles. The van der Waals surface area contributed by atoms with Crippen molar-refractivity contribution in [2.45, 2.75) is 19.3 Å². The van der Waals surface area contributed by atoms with Crippen LogP contribution in [-0.4, -0.2) is 15.8 Å². The van der Waals surface area contributed by atoms with E-state index in [0.29, 0.717) is 16.7 Å². The number of Topliss-reactive ketones (excluding diaryl/α,β-unsaturated/α-hetero) is 1. The maximum atomic E-state index is 12.6. The molecule has 0 unspecified atom stereocenters. The van der Waals surface area contributed by atoms with Gasteiger partial charge in [-0.1, -0.05) is 41.4 Å². The molecule has 6 heteroatoms. The van der Waals surface area contributed by atoms with E-state index >= 15 is 0 Å². The molecule has 2 N–H and O–H groups in total. The number of nitrogens with zero attached hydrogens (tertiary/aromatic N) is 1. The second kappa shape index (κ2) is 6.54. The number of ketones is 1. The van der Waals surface area contributed by atoms with E-state index in [1.165, 1.54) is 0 Å². The number of nitrogens with one attached hydrogen (secondary N) is 2. The van der Waals surface area contributed by atoms with Crippen molar-refractivity contribution in [2.75, 3.05) is 5.32 Å². The number of carbonyl (C=O) groups is 1. The van der Waals surface area contributed by atoms with Crippen LogP contribution in [0.25, 0.3) is 11.3 Å². The Morgan fingerprint density at radius 2 is 1.76 bits per heavy atom. The first-order valence-electron chi connectivity index (χ1n) is 8.05. The summed E-state index contributed by atoms with van der Waals surface area (Å²) in [6.07, 6.45) is 2.26. The Morgan fingerprint density at radius 1 is 1.04 bits per heavy atom. The Hall–Kier alpha value is -2.30. The van der Waals surface area contributed by atoms with E-state index in [9.17, 15) is 4.79 Å². The van der Waals surface area contributed by atoms with E-state index in [1.54, 1.807) is 12.1 Å². The molecule has 0 amide bonds. The van der Waals surface area contributed by atoms with Crippen LogP contribution in [0.1, 0.15) is 28.9 Å². The van der Waals surface area contributed by atoms with Crippen molar-refractivity contribution in [1.82, 2.24) is 9.97 Å². The summed E-state index contributed by atoms with van der Waals surface area (Å²) in [6, 6.07) is 13.3. The molecule has 0 bridgehead atoms. The SMILES string of the molecule is O=C1CCCc2[nH]c(-c3cc(Cl)nc(Cl)c3)c(Nc3ccccc3)c21. The van der Waals surface area contributed by atoms with Crippen molar-refractivity contribution in [2.24, 2.45) is 0 Å². The predicted octanol–water partition coefficient (Wildman–Crippen LogP) is 5.65. The van der Waals surface area contributed by atoms with Gasteiger partial charge in [-0.3, -0.25) is 4.79 Å². The van der Waals surface area contributed by atoms with Crippen LogP contribution in [0.5, 0.6) is 0 Å². The van der Waals surface area contributed by atoms with Crippen molar-refractivity contribution in [3.63, 3.8) is 0 Å². The minimum atomic E-state index is 0.147. The Kier molecular flexibility index (Phi) is 4.24. The zero-order chi connectivity index (χ0) is 17.4. The van der Waals surface area contributed by atoms with Crippen LogP contribution in [0.3, 0.4) is 0 Å². The van der Waals surface area contributed by atoms with Crippen molar-refractivity contribution < 1.29 is 4.79 Å². The molecule has 2 aromatic heterocycles. The molecule has 4 rings (SSSR count). The van der Waals surface area contributed by atoms with Crippen molar-refractivity contribution in [1.29, 1.82) is 0 Å². The van der Waals surface area contributed by atoms with E-state index in [2.05, 4.69) is 15.3 Å². The summed E-state index contributed by atoms with van der Waals surface area (Å²) >= 11 is 12.1. The molecular formula is C19H15Cl2N3O. The monoisotopic (exact) mass is 371 g/mol. The molecular weight excluding hydrogens is 357 g/mol. The highest BCUT2D eigenvalue weighted by atomic mass is 35.5. The first-order chi connectivity index (χ1) is 12.1. The number of H-pyrrole nitrogens is 1. The van der Waals surface area contributed by atoms with Gasteiger partial charge in [-0.2, -0.15) is 0 Å². The van der Waals surface area contributed by atoms with Gasteiger partial charge in [0.05, 0.1) is 16.9 Å². The lowest BCUT2D eigenvalue weighted by Gasteiger charge is -2.13. The number of pyridine rings is 1. The first kappa shape index (κ1) is 16.2. The Balaban J connectivity index is 1.90. The largest absolute Gasteiger partial charge is 0.356 e. The number of carbonyl (C=O) groups excluding carboxylic acids is 1. The van der Waals surface area contributed by atoms with Crippen LogP contribution in [0.4, 0.5) is 11.4 Å². The molecule has 1 aliphatic carbocycles. The molecule has 4 nitrogen and oxygen atoms in total. The summed E-state index contributed by atoms with van der Waals surface area (Å²) in [6.45, 7) is 0. The van der Waals surface area contributed by atoms with E-state index in [1.807, 2.05) is 30.3 Å². The number of hydrogen-bond acceptors (Lipinski definition) is 3. The fourth-order valence-electron chi connectivity index (χ4n) is 3.21. The highest BCUT2D eigenvalue weighted by molar-refractivity contribution is 6.33. The van der Waals surface area contributed by atoms with Gasteiger partial charge in [0.1, 0.15) is 10.3 Å². The van der Waals surface area contributed by atoms with Crippen LogP contribution < -0.4 is 5.32 Å². The lowest BCUT2D eigenvalue weighted by molar-refractivity contribution is 0.0973. The van der Waals surface area contributed by atoms with Gasteiger partial charge >= 0.3 is 0 Å². The minimum Gasteiger partial charge on any atom is -0.356 e. The van der Waals surface area contributed by atoms with Crippen LogP contribution in [0.15, 0.2) is 42.5 Å². The zero-order valence-electron chi connectivity index (χ0n) is 13.3. The van der Waals surface area contributed by atoms with Crippen molar-refractivity contribution in [3.8, 4) is 11.3 Å². The third-order valence-corrected chi connectivity index (χ3v) is 4.67. The number of aryl methyl sites for hydroxylation is 1. The molecule has 0 saturated carbocycles. The van der Waals surface area contributed by atoms with Gasteiger partial charge in [-0.15, -0.1) is 0 Å². The smallest absolute Gasteiger partial charge is 0.166 e. The van der Waals surface area contributed by atoms with Crippen LogP contribution in [-0.2, 0) is 6.42 Å². The summed E-state index contributed by atoms with van der Waals surface area (Å²) < 4.78 is 0. The quantitative estimate of drug-likeness (QED) is 0.585. The highest BCUT2D eigenvalue weighted by Crippen LogP contribution is 2.39. The molecule has 2 heterocycles. The van der Waals surface area contributed by atoms with Gasteiger partial charge in [-0.25, -0.2) is 4.98 Å². The van der Waals surface area contributed by atoms with Gasteiger partial charge < -0.3 is 10.3 Å². The zero-order valence-corrected chi connectivity index (χ0v) is 14.8. The third-order valence-electron chi connectivity index (χ3n) is 4.28. The number of hydrogen-bond donors (Lipinski definition) is 2. The van der Waals surface area contributed by atoms with Crippen molar-refractivity contribution >= 4 is 40.4 Å². The fraction of sp³-hybridized carbons (Fsp3) is 0.158. The number of aromatic nitrogens is 2. The van der Waals surface area contributed by atoms with Crippen molar-refractivity contribution in [3.05, 3.63) is 64.0 Å². The van der Waals surface area contributed by atoms with Gasteiger partial charge in [0, 0.05) is 23.4 Å². The minimum absolute atomic E-state index is 0.147. The van der Waals surface area contributed by atoms with Gasteiger partial charge in [0.25, 0.3) is 0 Å². The topological polar surface area (TPSA) is 57.8 Å². The first-order valence-corrected chi connectivity index (χ1v) is 8.81. The second-order valence-electron chi connectivity index (χ2n) is 6.00. The number of rotatable bonds is 3. The predicted molar refractivity (Wildman–Crippen MR) is 101 cm³/mol. The molecule has 1 aromatic carbocycles. The summed E-state index contributed by atoms with van der Waals surface area (Å²) in [7, 11) is 0. The molecule has 0 radical (unpaired) electrons. The van der Waals surface area contributed by atoms with Gasteiger partial charge in [-0.05, 0) is 37.1 Å². The molecule has 0 aliphatic heterocycles. The Bertz CT molecular complexity index is 931. The number of fused-ring (bicyclic) bond motifs is 1. The van der Waals surface area contributed by atoms with Crippen LogP contribution >= 0.6 is 23.2 Å². The second-order valence-corrected chi connectivity index (χ2v) is 6.77. The molecule has 126 valence electrons. The normalized spacial score (nSPS) is 13.6. The standard InChI is InChI=1S/C19H15Cl2N3O/c20-15-9-11(10-16(21)24-15)18-19(22-12-5-2-1-3-6-12)17-13(23-18)7-4-8-14(17)25/h1-3,5-6,9-10,22-23H,4,7-8H2. The van der Waals surface area contributed by atoms with Gasteiger partial charge in [0.15, 0.2) is 5.78 Å². The number of benzene rings is 1. The summed E-state index contributed by atoms with van der Waals surface area (Å²) in [5, 5.41) is 4.01. The number of aromatic amines is 1.